The van der Waals surface area contributed by atoms with Crippen LogP contribution >= 0.6 is 12.2 Å². The van der Waals surface area contributed by atoms with Gasteiger partial charge in [0.15, 0.2) is 5.11 Å². The van der Waals surface area contributed by atoms with Gasteiger partial charge in [0.25, 0.3) is 5.91 Å². The molecule has 2 aromatic rings. The Bertz CT molecular complexity index is 789. The lowest BCUT2D eigenvalue weighted by Gasteiger charge is -2.37. The molecular formula is C22H27N3OS. The first kappa shape index (κ1) is 19.4. The average molecular weight is 382 g/mol. The molecule has 0 radical (unpaired) electrons. The van der Waals surface area contributed by atoms with Crippen molar-refractivity contribution in [2.75, 3.05) is 31.1 Å². The lowest BCUT2D eigenvalue weighted by molar-refractivity contribution is 0.0973. The molecule has 1 aliphatic heterocycles. The zero-order valence-corrected chi connectivity index (χ0v) is 17.1. The van der Waals surface area contributed by atoms with E-state index in [1.54, 1.807) is 0 Å². The SMILES string of the molecule is CC(C)(C)c1ccc(C(=O)NC(=S)N2CCN(c3ccccc3)CC2)cc1. The van der Waals surface area contributed by atoms with Crippen molar-refractivity contribution in [3.8, 4) is 0 Å². The minimum absolute atomic E-state index is 0.0722. The van der Waals surface area contributed by atoms with Gasteiger partial charge in [0.2, 0.25) is 0 Å². The highest BCUT2D eigenvalue weighted by molar-refractivity contribution is 7.80. The molecule has 0 aliphatic carbocycles. The molecule has 3 rings (SSSR count). The molecule has 142 valence electrons. The van der Waals surface area contributed by atoms with Crippen LogP contribution < -0.4 is 10.2 Å². The van der Waals surface area contributed by atoms with Crippen LogP contribution in [-0.4, -0.2) is 42.1 Å². The van der Waals surface area contributed by atoms with Crippen LogP contribution in [-0.2, 0) is 5.41 Å². The zero-order valence-electron chi connectivity index (χ0n) is 16.2. The highest BCUT2D eigenvalue weighted by Crippen LogP contribution is 2.22. The Hall–Kier alpha value is -2.40. The van der Waals surface area contributed by atoms with Crippen LogP contribution in [0.1, 0.15) is 36.7 Å². The summed E-state index contributed by atoms with van der Waals surface area (Å²) in [5, 5.41) is 3.39. The lowest BCUT2D eigenvalue weighted by atomic mass is 9.87. The fourth-order valence-electron chi connectivity index (χ4n) is 3.18. The molecule has 0 aromatic heterocycles. The summed E-state index contributed by atoms with van der Waals surface area (Å²) < 4.78 is 0. The molecule has 27 heavy (non-hydrogen) atoms. The van der Waals surface area contributed by atoms with E-state index in [2.05, 4.69) is 60.2 Å². The second-order valence-corrected chi connectivity index (χ2v) is 8.28. The molecule has 1 heterocycles. The quantitative estimate of drug-likeness (QED) is 0.802. The van der Waals surface area contributed by atoms with E-state index in [0.29, 0.717) is 10.7 Å². The highest BCUT2D eigenvalue weighted by atomic mass is 32.1. The first-order valence-corrected chi connectivity index (χ1v) is 9.76. The number of hydrogen-bond donors (Lipinski definition) is 1. The topological polar surface area (TPSA) is 35.6 Å². The fraction of sp³-hybridized carbons (Fsp3) is 0.364. The molecule has 2 aromatic carbocycles. The van der Waals surface area contributed by atoms with Gasteiger partial charge >= 0.3 is 0 Å². The van der Waals surface area contributed by atoms with Gasteiger partial charge in [-0.2, -0.15) is 0 Å². The van der Waals surface area contributed by atoms with Gasteiger partial charge in [0.1, 0.15) is 0 Å². The molecule has 5 heteroatoms. The van der Waals surface area contributed by atoms with Crippen LogP contribution in [0.15, 0.2) is 54.6 Å². The summed E-state index contributed by atoms with van der Waals surface area (Å²) in [5.74, 6) is -0.147. The number of amides is 1. The van der Waals surface area contributed by atoms with Crippen molar-refractivity contribution >= 4 is 28.9 Å². The number of para-hydroxylation sites is 1. The maximum absolute atomic E-state index is 12.5. The predicted octanol–water partition coefficient (Wildman–Crippen LogP) is 3.82. The van der Waals surface area contributed by atoms with E-state index in [-0.39, 0.29) is 11.3 Å². The Morgan fingerprint density at radius 2 is 1.52 bits per heavy atom. The van der Waals surface area contributed by atoms with Gasteiger partial charge in [0.05, 0.1) is 0 Å². The minimum Gasteiger partial charge on any atom is -0.368 e. The summed E-state index contributed by atoms with van der Waals surface area (Å²) in [4.78, 5) is 16.9. The van der Waals surface area contributed by atoms with Crippen LogP contribution in [0, 0.1) is 0 Å². The number of rotatable bonds is 2. The van der Waals surface area contributed by atoms with Crippen molar-refractivity contribution in [1.29, 1.82) is 0 Å². The van der Waals surface area contributed by atoms with Crippen LogP contribution in [0.4, 0.5) is 5.69 Å². The predicted molar refractivity (Wildman–Crippen MR) is 115 cm³/mol. The Labute approximate surface area is 167 Å². The minimum atomic E-state index is -0.147. The van der Waals surface area contributed by atoms with Gasteiger partial charge in [0, 0.05) is 37.4 Å². The molecule has 1 saturated heterocycles. The molecule has 1 amide bonds. The maximum Gasteiger partial charge on any atom is 0.257 e. The number of benzene rings is 2. The maximum atomic E-state index is 12.5. The smallest absolute Gasteiger partial charge is 0.257 e. The third-order valence-electron chi connectivity index (χ3n) is 4.92. The molecule has 0 spiro atoms. The van der Waals surface area contributed by atoms with E-state index in [0.717, 1.165) is 26.2 Å². The van der Waals surface area contributed by atoms with E-state index in [4.69, 9.17) is 12.2 Å². The first-order chi connectivity index (χ1) is 12.8. The molecule has 1 N–H and O–H groups in total. The van der Waals surface area contributed by atoms with Crippen molar-refractivity contribution in [2.45, 2.75) is 26.2 Å². The van der Waals surface area contributed by atoms with Crippen LogP contribution in [0.5, 0.6) is 0 Å². The number of nitrogens with zero attached hydrogens (tertiary/aromatic N) is 2. The van der Waals surface area contributed by atoms with E-state index >= 15 is 0 Å². The van der Waals surface area contributed by atoms with Gasteiger partial charge in [-0.05, 0) is 47.5 Å². The molecule has 4 nitrogen and oxygen atoms in total. The number of anilines is 1. The van der Waals surface area contributed by atoms with E-state index in [1.165, 1.54) is 11.3 Å². The normalized spacial score (nSPS) is 14.8. The van der Waals surface area contributed by atoms with E-state index < -0.39 is 0 Å². The monoisotopic (exact) mass is 381 g/mol. The summed E-state index contributed by atoms with van der Waals surface area (Å²) in [6.07, 6.45) is 0. The third-order valence-corrected chi connectivity index (χ3v) is 5.28. The van der Waals surface area contributed by atoms with Gasteiger partial charge in [-0.15, -0.1) is 0 Å². The Morgan fingerprint density at radius 1 is 0.926 bits per heavy atom. The summed E-state index contributed by atoms with van der Waals surface area (Å²) in [6, 6.07) is 18.1. The number of thiocarbonyl (C=S) groups is 1. The highest BCUT2D eigenvalue weighted by Gasteiger charge is 2.21. The van der Waals surface area contributed by atoms with Gasteiger partial charge in [-0.1, -0.05) is 51.1 Å². The summed E-state index contributed by atoms with van der Waals surface area (Å²) in [6.45, 7) is 9.86. The molecule has 0 saturated carbocycles. The van der Waals surface area contributed by atoms with Crippen LogP contribution in [0.25, 0.3) is 0 Å². The first-order valence-electron chi connectivity index (χ1n) is 9.35. The third kappa shape index (κ3) is 4.86. The zero-order chi connectivity index (χ0) is 19.4. The Kier molecular flexibility index (Phi) is 5.80. The van der Waals surface area contributed by atoms with Crippen molar-refractivity contribution in [1.82, 2.24) is 10.2 Å². The van der Waals surface area contributed by atoms with Crippen LogP contribution in [0.2, 0.25) is 0 Å². The summed E-state index contributed by atoms with van der Waals surface area (Å²) in [7, 11) is 0. The van der Waals surface area contributed by atoms with Crippen molar-refractivity contribution in [3.05, 3.63) is 65.7 Å². The number of piperazine rings is 1. The molecule has 1 aliphatic rings. The van der Waals surface area contributed by atoms with E-state index in [1.807, 2.05) is 30.3 Å². The van der Waals surface area contributed by atoms with Crippen LogP contribution in [0.3, 0.4) is 0 Å². The second-order valence-electron chi connectivity index (χ2n) is 7.90. The van der Waals surface area contributed by atoms with Gasteiger partial charge in [-0.3, -0.25) is 10.1 Å². The second kappa shape index (κ2) is 8.09. The summed E-state index contributed by atoms with van der Waals surface area (Å²) >= 11 is 5.47. The number of carbonyl (C=O) groups is 1. The average Bonchev–Trinajstić information content (AvgIpc) is 2.68. The summed E-state index contributed by atoms with van der Waals surface area (Å²) in [5.41, 5.74) is 3.14. The molecule has 1 fully saturated rings. The molecule has 0 bridgehead atoms. The van der Waals surface area contributed by atoms with Crippen molar-refractivity contribution < 1.29 is 4.79 Å². The molecular weight excluding hydrogens is 354 g/mol. The lowest BCUT2D eigenvalue weighted by Crippen LogP contribution is -2.52. The van der Waals surface area contributed by atoms with Gasteiger partial charge in [-0.25, -0.2) is 0 Å². The fourth-order valence-corrected chi connectivity index (χ4v) is 3.45. The number of nitrogens with one attached hydrogen (secondary N) is 1. The largest absolute Gasteiger partial charge is 0.368 e. The number of carbonyl (C=O) groups excluding carboxylic acids is 1. The van der Waals surface area contributed by atoms with Crippen molar-refractivity contribution in [2.24, 2.45) is 0 Å². The standard InChI is InChI=1S/C22H27N3OS/c1-22(2,3)18-11-9-17(10-12-18)20(26)23-21(27)25-15-13-24(14-16-25)19-7-5-4-6-8-19/h4-12H,13-16H2,1-3H3,(H,23,26,27). The Morgan fingerprint density at radius 3 is 2.07 bits per heavy atom. The Balaban J connectivity index is 1.54. The number of hydrogen-bond acceptors (Lipinski definition) is 3. The van der Waals surface area contributed by atoms with Gasteiger partial charge < -0.3 is 9.80 Å². The molecule has 0 atom stereocenters. The van der Waals surface area contributed by atoms with E-state index in [9.17, 15) is 4.79 Å². The van der Waals surface area contributed by atoms with Crippen molar-refractivity contribution in [3.63, 3.8) is 0 Å². The molecule has 0 unspecified atom stereocenters.